The average molecular weight is 452 g/mol. The Morgan fingerprint density at radius 3 is 2.50 bits per heavy atom. The molecule has 0 spiro atoms. The Balaban J connectivity index is 0.00000320. The van der Waals surface area contributed by atoms with Gasteiger partial charge in [0.05, 0.1) is 6.10 Å². The Kier molecular flexibility index (Phi) is 7.66. The molecule has 0 unspecified atom stereocenters. The number of anilines is 1. The lowest BCUT2D eigenvalue weighted by atomic mass is 10.1. The first-order chi connectivity index (χ1) is 13.8. The van der Waals surface area contributed by atoms with Crippen LogP contribution in [0, 0.1) is 0 Å². The monoisotopic (exact) mass is 451 g/mol. The molecule has 7 nitrogen and oxygen atoms in total. The second-order valence-corrected chi connectivity index (χ2v) is 8.06. The van der Waals surface area contributed by atoms with Crippen molar-refractivity contribution in [2.75, 3.05) is 12.0 Å². The number of aliphatic hydroxyl groups excluding tert-OH is 1. The topological polar surface area (TPSA) is 102 Å². The molecule has 0 heterocycles. The molecule has 0 amide bonds. The fourth-order valence-electron chi connectivity index (χ4n) is 2.80. The number of benzene rings is 3. The normalized spacial score (nSPS) is 11.1. The van der Waals surface area contributed by atoms with Crippen molar-refractivity contribution >= 4 is 45.0 Å². The van der Waals surface area contributed by atoms with Gasteiger partial charge in [-0.05, 0) is 49.6 Å². The van der Waals surface area contributed by atoms with E-state index in [4.69, 9.17) is 14.0 Å². The highest BCUT2D eigenvalue weighted by Gasteiger charge is 2.22. The minimum atomic E-state index is -4.22. The van der Waals surface area contributed by atoms with Gasteiger partial charge in [-0.25, -0.2) is 4.79 Å². The molecule has 9 heteroatoms. The Morgan fingerprint density at radius 2 is 1.80 bits per heavy atom. The molecule has 3 rings (SSSR count). The first-order valence-corrected chi connectivity index (χ1v) is 10.3. The van der Waals surface area contributed by atoms with Crippen molar-refractivity contribution < 1.29 is 27.2 Å². The molecule has 0 bridgehead atoms. The van der Waals surface area contributed by atoms with Gasteiger partial charge in [-0.15, -0.1) is 12.4 Å². The SMILES string of the molecule is CC(C)OC(=O)c1ccccc1OS(=O)(=O)c1ccc2cccc(NCO)c2c1.Cl. The molecular weight excluding hydrogens is 430 g/mol. The molecule has 0 aliphatic heterocycles. The third kappa shape index (κ3) is 5.21. The van der Waals surface area contributed by atoms with Crippen molar-refractivity contribution in [3.8, 4) is 5.75 Å². The zero-order valence-electron chi connectivity index (χ0n) is 16.4. The number of aliphatic hydroxyl groups is 1. The number of halogens is 1. The largest absolute Gasteiger partial charge is 0.459 e. The molecule has 0 aromatic heterocycles. The maximum Gasteiger partial charge on any atom is 0.342 e. The van der Waals surface area contributed by atoms with Crippen LogP contribution in [0.15, 0.2) is 65.6 Å². The Hall–Kier alpha value is -2.81. The van der Waals surface area contributed by atoms with Gasteiger partial charge in [-0.2, -0.15) is 8.42 Å². The Labute approximate surface area is 181 Å². The maximum atomic E-state index is 12.9. The lowest BCUT2D eigenvalue weighted by Gasteiger charge is -2.13. The van der Waals surface area contributed by atoms with E-state index >= 15 is 0 Å². The van der Waals surface area contributed by atoms with E-state index in [-0.39, 0.29) is 41.5 Å². The highest BCUT2D eigenvalue weighted by Crippen LogP contribution is 2.29. The van der Waals surface area contributed by atoms with E-state index in [9.17, 15) is 13.2 Å². The van der Waals surface area contributed by atoms with E-state index in [1.165, 1.54) is 24.3 Å². The van der Waals surface area contributed by atoms with Crippen LogP contribution in [0.2, 0.25) is 0 Å². The lowest BCUT2D eigenvalue weighted by molar-refractivity contribution is 0.0376. The molecule has 0 saturated carbocycles. The summed E-state index contributed by atoms with van der Waals surface area (Å²) in [5.41, 5.74) is 0.608. The van der Waals surface area contributed by atoms with Gasteiger partial charge in [0.15, 0.2) is 5.75 Å². The summed E-state index contributed by atoms with van der Waals surface area (Å²) in [7, 11) is -4.22. The smallest absolute Gasteiger partial charge is 0.342 e. The van der Waals surface area contributed by atoms with Crippen LogP contribution < -0.4 is 9.50 Å². The van der Waals surface area contributed by atoms with E-state index in [0.717, 1.165) is 5.39 Å². The number of para-hydroxylation sites is 1. The number of nitrogens with one attached hydrogen (secondary N) is 1. The summed E-state index contributed by atoms with van der Waals surface area (Å²) >= 11 is 0. The van der Waals surface area contributed by atoms with E-state index in [1.54, 1.807) is 44.2 Å². The summed E-state index contributed by atoms with van der Waals surface area (Å²) in [6.45, 7) is 3.11. The summed E-state index contributed by atoms with van der Waals surface area (Å²) in [6, 6.07) is 15.9. The van der Waals surface area contributed by atoms with Gasteiger partial charge in [-0.3, -0.25) is 0 Å². The van der Waals surface area contributed by atoms with E-state index in [0.29, 0.717) is 11.1 Å². The zero-order chi connectivity index (χ0) is 21.0. The van der Waals surface area contributed by atoms with E-state index in [2.05, 4.69) is 5.32 Å². The fourth-order valence-corrected chi connectivity index (χ4v) is 3.77. The Morgan fingerprint density at radius 1 is 1.07 bits per heavy atom. The second-order valence-electron chi connectivity index (χ2n) is 6.51. The minimum absolute atomic E-state index is 0. The molecule has 3 aromatic rings. The van der Waals surface area contributed by atoms with Gasteiger partial charge in [0.25, 0.3) is 0 Å². The van der Waals surface area contributed by atoms with Crippen LogP contribution >= 0.6 is 12.4 Å². The fraction of sp³-hybridized carbons (Fsp3) is 0.190. The molecule has 3 aromatic carbocycles. The number of esters is 1. The number of hydrogen-bond acceptors (Lipinski definition) is 7. The zero-order valence-corrected chi connectivity index (χ0v) is 18.0. The number of fused-ring (bicyclic) bond motifs is 1. The van der Waals surface area contributed by atoms with Crippen LogP contribution in [-0.4, -0.2) is 32.3 Å². The quantitative estimate of drug-likeness (QED) is 0.318. The third-order valence-corrected chi connectivity index (χ3v) is 5.29. The molecule has 0 radical (unpaired) electrons. The van der Waals surface area contributed by atoms with Crippen LogP contribution in [-0.2, 0) is 14.9 Å². The van der Waals surface area contributed by atoms with Crippen molar-refractivity contribution in [2.24, 2.45) is 0 Å². The van der Waals surface area contributed by atoms with Gasteiger partial charge in [0, 0.05) is 11.1 Å². The second kappa shape index (κ2) is 9.80. The van der Waals surface area contributed by atoms with Crippen molar-refractivity contribution in [1.29, 1.82) is 0 Å². The summed E-state index contributed by atoms with van der Waals surface area (Å²) in [5.74, 6) is -0.779. The summed E-state index contributed by atoms with van der Waals surface area (Å²) < 4.78 is 36.2. The molecule has 0 fully saturated rings. The first kappa shape index (κ1) is 23.5. The summed E-state index contributed by atoms with van der Waals surface area (Å²) in [6.07, 6.45) is -0.356. The van der Waals surface area contributed by atoms with E-state index < -0.39 is 16.1 Å². The van der Waals surface area contributed by atoms with Gasteiger partial charge in [0.2, 0.25) is 0 Å². The Bertz CT molecular complexity index is 1150. The minimum Gasteiger partial charge on any atom is -0.459 e. The molecule has 0 atom stereocenters. The van der Waals surface area contributed by atoms with Crippen LogP contribution in [0.5, 0.6) is 5.75 Å². The number of carbonyl (C=O) groups excluding carboxylic acids is 1. The molecule has 160 valence electrons. The number of rotatable bonds is 7. The molecule has 0 aliphatic carbocycles. The average Bonchev–Trinajstić information content (AvgIpc) is 2.67. The van der Waals surface area contributed by atoms with Crippen molar-refractivity contribution in [2.45, 2.75) is 24.8 Å². The van der Waals surface area contributed by atoms with Gasteiger partial charge in [-0.1, -0.05) is 30.3 Å². The predicted octanol–water partition coefficient (Wildman–Crippen LogP) is 3.96. The number of hydrogen-bond donors (Lipinski definition) is 2. The summed E-state index contributed by atoms with van der Waals surface area (Å²) in [4.78, 5) is 12.2. The summed E-state index contributed by atoms with van der Waals surface area (Å²) in [5, 5.41) is 13.3. The highest BCUT2D eigenvalue weighted by atomic mass is 35.5. The van der Waals surface area contributed by atoms with Crippen molar-refractivity contribution in [3.05, 3.63) is 66.2 Å². The van der Waals surface area contributed by atoms with E-state index in [1.807, 2.05) is 6.07 Å². The maximum absolute atomic E-state index is 12.9. The molecule has 0 aliphatic rings. The third-order valence-electron chi connectivity index (χ3n) is 4.06. The molecule has 30 heavy (non-hydrogen) atoms. The van der Waals surface area contributed by atoms with Crippen LogP contribution in [0.4, 0.5) is 5.69 Å². The molecular formula is C21H22ClNO6S. The van der Waals surface area contributed by atoms with Crippen molar-refractivity contribution in [3.63, 3.8) is 0 Å². The molecule has 0 saturated heterocycles. The van der Waals surface area contributed by atoms with Crippen LogP contribution in [0.1, 0.15) is 24.2 Å². The number of ether oxygens (including phenoxy) is 1. The van der Waals surface area contributed by atoms with Crippen LogP contribution in [0.3, 0.4) is 0 Å². The van der Waals surface area contributed by atoms with Gasteiger partial charge < -0.3 is 19.3 Å². The van der Waals surface area contributed by atoms with Crippen molar-refractivity contribution in [1.82, 2.24) is 0 Å². The van der Waals surface area contributed by atoms with Gasteiger partial charge >= 0.3 is 16.1 Å². The van der Waals surface area contributed by atoms with Crippen LogP contribution in [0.25, 0.3) is 10.8 Å². The van der Waals surface area contributed by atoms with Gasteiger partial charge in [0.1, 0.15) is 17.2 Å². The number of carbonyl (C=O) groups is 1. The molecule has 2 N–H and O–H groups in total. The predicted molar refractivity (Wildman–Crippen MR) is 117 cm³/mol. The standard InChI is InChI=1S/C21H21NO6S.ClH/c1-14(2)27-21(24)17-7-3-4-9-20(17)28-29(25,26)16-11-10-15-6-5-8-19(22-13-23)18(15)12-16;/h3-12,14,22-23H,13H2,1-2H3;1H. The lowest BCUT2D eigenvalue weighted by Crippen LogP contribution is -2.16. The first-order valence-electron chi connectivity index (χ1n) is 8.94. The highest BCUT2D eigenvalue weighted by molar-refractivity contribution is 7.87.